The molecule has 0 radical (unpaired) electrons. The first-order chi connectivity index (χ1) is 8.08. The van der Waals surface area contributed by atoms with Gasteiger partial charge in [0.25, 0.3) is 0 Å². The maximum atomic E-state index is 12.1. The first-order valence-corrected chi connectivity index (χ1v) is 6.82. The average Bonchev–Trinajstić information content (AvgIpc) is 2.88. The fourth-order valence-corrected chi connectivity index (χ4v) is 3.18. The van der Waals surface area contributed by atoms with Gasteiger partial charge in [0.15, 0.2) is 3.95 Å². The van der Waals surface area contributed by atoms with Crippen LogP contribution in [0.4, 0.5) is 0 Å². The molecule has 1 amide bonds. The van der Waals surface area contributed by atoms with Crippen molar-refractivity contribution in [2.45, 2.75) is 25.8 Å². The number of nitrogens with zero attached hydrogens (tertiary/aromatic N) is 1. The highest BCUT2D eigenvalue weighted by Gasteiger charge is 2.24. The predicted molar refractivity (Wildman–Crippen MR) is 69.9 cm³/mol. The monoisotopic (exact) mass is 272 g/mol. The summed E-state index contributed by atoms with van der Waals surface area (Å²) in [5.74, 6) is 0.133. The minimum absolute atomic E-state index is 0.133. The molecule has 17 heavy (non-hydrogen) atoms. The van der Waals surface area contributed by atoms with Crippen LogP contribution in [0.5, 0.6) is 0 Å². The van der Waals surface area contributed by atoms with Crippen molar-refractivity contribution < 1.29 is 9.53 Å². The van der Waals surface area contributed by atoms with E-state index < -0.39 is 0 Å². The van der Waals surface area contributed by atoms with Crippen molar-refractivity contribution >= 4 is 29.5 Å². The van der Waals surface area contributed by atoms with Crippen molar-refractivity contribution in [3.63, 3.8) is 0 Å². The van der Waals surface area contributed by atoms with Crippen molar-refractivity contribution in [3.8, 4) is 0 Å². The number of nitrogens with one attached hydrogen (secondary N) is 1. The fraction of sp³-hybridized carbons (Fsp3) is 0.636. The molecule has 1 aromatic rings. The second-order valence-electron chi connectivity index (χ2n) is 4.26. The van der Waals surface area contributed by atoms with E-state index in [0.29, 0.717) is 13.0 Å². The number of thiazole rings is 1. The lowest BCUT2D eigenvalue weighted by Crippen LogP contribution is -2.38. The molecule has 4 nitrogen and oxygen atoms in total. The molecule has 94 valence electrons. The Balaban J connectivity index is 2.01. The summed E-state index contributed by atoms with van der Waals surface area (Å²) in [5.41, 5.74) is 1.00. The van der Waals surface area contributed by atoms with Crippen LogP contribution in [-0.2, 0) is 16.0 Å². The lowest BCUT2D eigenvalue weighted by atomic mass is 10.2. The van der Waals surface area contributed by atoms with Gasteiger partial charge in [-0.05, 0) is 25.6 Å². The van der Waals surface area contributed by atoms with E-state index in [1.165, 1.54) is 11.3 Å². The number of aromatic nitrogens is 1. The van der Waals surface area contributed by atoms with Gasteiger partial charge in [-0.3, -0.25) is 4.79 Å². The molecule has 1 aromatic heterocycles. The van der Waals surface area contributed by atoms with Gasteiger partial charge in [-0.15, -0.1) is 11.3 Å². The Hall–Kier alpha value is -0.720. The molecule has 1 atom stereocenters. The second kappa shape index (κ2) is 5.29. The van der Waals surface area contributed by atoms with E-state index in [1.807, 2.05) is 14.0 Å². The van der Waals surface area contributed by atoms with E-state index in [0.717, 1.165) is 27.6 Å². The first kappa shape index (κ1) is 12.7. The van der Waals surface area contributed by atoms with Crippen molar-refractivity contribution in [3.05, 3.63) is 14.5 Å². The number of ether oxygens (including phenoxy) is 1. The molecular weight excluding hydrogens is 256 g/mol. The summed E-state index contributed by atoms with van der Waals surface area (Å²) < 4.78 is 6.03. The van der Waals surface area contributed by atoms with Gasteiger partial charge in [0.05, 0.1) is 19.1 Å². The summed E-state index contributed by atoms with van der Waals surface area (Å²) in [6, 6.07) is 0.231. The Bertz CT molecular complexity index is 460. The highest BCUT2D eigenvalue weighted by atomic mass is 32.1. The van der Waals surface area contributed by atoms with Gasteiger partial charge in [0.1, 0.15) is 0 Å². The van der Waals surface area contributed by atoms with Crippen LogP contribution in [0, 0.1) is 10.9 Å². The zero-order valence-corrected chi connectivity index (χ0v) is 11.6. The summed E-state index contributed by atoms with van der Waals surface area (Å²) in [6.45, 7) is 3.36. The molecule has 2 heterocycles. The van der Waals surface area contributed by atoms with E-state index in [4.69, 9.17) is 17.0 Å². The number of aromatic amines is 1. The van der Waals surface area contributed by atoms with E-state index >= 15 is 0 Å². The van der Waals surface area contributed by atoms with Crippen LogP contribution in [0.1, 0.15) is 17.0 Å². The van der Waals surface area contributed by atoms with Crippen LogP contribution in [0.3, 0.4) is 0 Å². The molecule has 0 aliphatic carbocycles. The first-order valence-electron chi connectivity index (χ1n) is 5.60. The Morgan fingerprint density at radius 2 is 2.47 bits per heavy atom. The van der Waals surface area contributed by atoms with Gasteiger partial charge >= 0.3 is 0 Å². The average molecular weight is 272 g/mol. The van der Waals surface area contributed by atoms with Gasteiger partial charge < -0.3 is 14.6 Å². The van der Waals surface area contributed by atoms with Crippen molar-refractivity contribution in [1.29, 1.82) is 0 Å². The van der Waals surface area contributed by atoms with Crippen LogP contribution in [-0.4, -0.2) is 42.1 Å². The standard InChI is InChI=1S/C11H16N2O2S2/c1-7-9(17-11(16)12-7)5-10(14)13(2)8-3-4-15-6-8/h8H,3-6H2,1-2H3,(H,12,16)/t8-/m0/s1. The van der Waals surface area contributed by atoms with Crippen LogP contribution in [0.15, 0.2) is 0 Å². The number of aryl methyl sites for hydroxylation is 1. The van der Waals surface area contributed by atoms with E-state index in [2.05, 4.69) is 4.98 Å². The molecule has 0 unspecified atom stereocenters. The van der Waals surface area contributed by atoms with Crippen LogP contribution in [0.2, 0.25) is 0 Å². The Kier molecular flexibility index (Phi) is 3.96. The molecule has 1 aliphatic rings. The maximum absolute atomic E-state index is 12.1. The molecule has 1 N–H and O–H groups in total. The van der Waals surface area contributed by atoms with Crippen LogP contribution < -0.4 is 0 Å². The van der Waals surface area contributed by atoms with Crippen LogP contribution in [0.25, 0.3) is 0 Å². The molecule has 2 rings (SSSR count). The molecule has 1 aliphatic heterocycles. The third-order valence-electron chi connectivity index (χ3n) is 3.08. The lowest BCUT2D eigenvalue weighted by molar-refractivity contribution is -0.131. The number of hydrogen-bond acceptors (Lipinski definition) is 4. The van der Waals surface area contributed by atoms with E-state index in [9.17, 15) is 4.79 Å². The van der Waals surface area contributed by atoms with Gasteiger partial charge in [-0.1, -0.05) is 0 Å². The number of amides is 1. The number of likely N-dealkylation sites (N-methyl/N-ethyl adjacent to an activating group) is 1. The summed E-state index contributed by atoms with van der Waals surface area (Å²) in [7, 11) is 1.85. The summed E-state index contributed by atoms with van der Waals surface area (Å²) >= 11 is 6.55. The number of carbonyl (C=O) groups is 1. The maximum Gasteiger partial charge on any atom is 0.227 e. The van der Waals surface area contributed by atoms with Crippen LogP contribution >= 0.6 is 23.6 Å². The zero-order valence-electron chi connectivity index (χ0n) is 9.99. The number of carbonyl (C=O) groups excluding carboxylic acids is 1. The number of hydrogen-bond donors (Lipinski definition) is 1. The third kappa shape index (κ3) is 2.94. The largest absolute Gasteiger partial charge is 0.379 e. The predicted octanol–water partition coefficient (Wildman–Crippen LogP) is 1.90. The highest BCUT2D eigenvalue weighted by Crippen LogP contribution is 2.18. The Morgan fingerprint density at radius 3 is 3.00 bits per heavy atom. The molecule has 0 spiro atoms. The lowest BCUT2D eigenvalue weighted by Gasteiger charge is -2.22. The molecular formula is C11H16N2O2S2. The molecule has 1 fully saturated rings. The second-order valence-corrected chi connectivity index (χ2v) is 6.03. The number of H-pyrrole nitrogens is 1. The van der Waals surface area contributed by atoms with Crippen molar-refractivity contribution in [2.24, 2.45) is 0 Å². The van der Waals surface area contributed by atoms with Gasteiger partial charge in [0, 0.05) is 24.2 Å². The highest BCUT2D eigenvalue weighted by molar-refractivity contribution is 7.73. The SMILES string of the molecule is Cc1[nH]c(=S)sc1CC(=O)N(C)[C@H]1CCOC1. The smallest absolute Gasteiger partial charge is 0.227 e. The van der Waals surface area contributed by atoms with Gasteiger partial charge in [-0.2, -0.15) is 0 Å². The Labute approximate surface area is 110 Å². The molecule has 0 bridgehead atoms. The quantitative estimate of drug-likeness (QED) is 0.855. The zero-order chi connectivity index (χ0) is 12.4. The topological polar surface area (TPSA) is 45.3 Å². The minimum atomic E-state index is 0.133. The number of rotatable bonds is 3. The van der Waals surface area contributed by atoms with Gasteiger partial charge in [0.2, 0.25) is 5.91 Å². The van der Waals surface area contributed by atoms with E-state index in [-0.39, 0.29) is 11.9 Å². The third-order valence-corrected chi connectivity index (χ3v) is 4.42. The molecule has 0 saturated carbocycles. The molecule has 6 heteroatoms. The van der Waals surface area contributed by atoms with E-state index in [1.54, 1.807) is 4.90 Å². The van der Waals surface area contributed by atoms with Crippen molar-refractivity contribution in [1.82, 2.24) is 9.88 Å². The van der Waals surface area contributed by atoms with Crippen molar-refractivity contribution in [2.75, 3.05) is 20.3 Å². The fourth-order valence-electron chi connectivity index (χ4n) is 1.90. The minimum Gasteiger partial charge on any atom is -0.379 e. The summed E-state index contributed by atoms with van der Waals surface area (Å²) in [6.07, 6.45) is 1.36. The summed E-state index contributed by atoms with van der Waals surface area (Å²) in [4.78, 5) is 18.0. The summed E-state index contributed by atoms with van der Waals surface area (Å²) in [5, 5.41) is 0. The normalized spacial score (nSPS) is 19.5. The molecule has 0 aromatic carbocycles. The molecule has 1 saturated heterocycles. The van der Waals surface area contributed by atoms with Gasteiger partial charge in [-0.25, -0.2) is 0 Å². The Morgan fingerprint density at radius 1 is 1.71 bits per heavy atom.